The van der Waals surface area contributed by atoms with E-state index in [1.54, 1.807) is 0 Å². The third-order valence-corrected chi connectivity index (χ3v) is 5.94. The number of fused-ring (bicyclic) bond motifs is 3. The van der Waals surface area contributed by atoms with E-state index < -0.39 is 0 Å². The number of nitrogens with one attached hydrogen (secondary N) is 1. The number of benzene rings is 3. The summed E-state index contributed by atoms with van der Waals surface area (Å²) in [6, 6.07) is 25.0. The summed E-state index contributed by atoms with van der Waals surface area (Å²) in [6.07, 6.45) is 0.898. The van der Waals surface area contributed by atoms with Crippen molar-refractivity contribution in [3.05, 3.63) is 94.0 Å². The van der Waals surface area contributed by atoms with Gasteiger partial charge in [-0.25, -0.2) is 4.98 Å². The number of hydrogen-bond donors (Lipinski definition) is 1. The molecule has 27 heavy (non-hydrogen) atoms. The zero-order valence-corrected chi connectivity index (χ0v) is 16.0. The van der Waals surface area contributed by atoms with E-state index in [1.807, 2.05) is 30.3 Å². The van der Waals surface area contributed by atoms with Crippen molar-refractivity contribution in [2.45, 2.75) is 18.5 Å². The van der Waals surface area contributed by atoms with Crippen LogP contribution in [-0.4, -0.2) is 9.55 Å². The van der Waals surface area contributed by atoms with Crippen LogP contribution in [0.25, 0.3) is 11.0 Å². The van der Waals surface area contributed by atoms with Crippen LogP contribution in [0.1, 0.15) is 29.6 Å². The fraction of sp³-hybridized carbons (Fsp3) is 0.136. The number of hydrogen-bond acceptors (Lipinski definition) is 2. The van der Waals surface area contributed by atoms with Crippen LogP contribution in [0.2, 0.25) is 10.0 Å². The van der Waals surface area contributed by atoms with Gasteiger partial charge in [0.1, 0.15) is 0 Å². The molecule has 1 aromatic heterocycles. The van der Waals surface area contributed by atoms with E-state index in [0.29, 0.717) is 10.0 Å². The zero-order valence-electron chi connectivity index (χ0n) is 14.4. The number of aromatic nitrogens is 2. The molecule has 3 nitrogen and oxygen atoms in total. The van der Waals surface area contributed by atoms with Gasteiger partial charge in [0.15, 0.2) is 0 Å². The van der Waals surface area contributed by atoms with Crippen LogP contribution >= 0.6 is 23.2 Å². The molecule has 5 heteroatoms. The molecule has 0 unspecified atom stereocenters. The lowest BCUT2D eigenvalue weighted by atomic mass is 9.93. The molecule has 0 amide bonds. The molecule has 2 heterocycles. The van der Waals surface area contributed by atoms with Gasteiger partial charge in [0, 0.05) is 0 Å². The summed E-state index contributed by atoms with van der Waals surface area (Å²) < 4.78 is 2.30. The Kier molecular flexibility index (Phi) is 4.07. The summed E-state index contributed by atoms with van der Waals surface area (Å²) in [4.78, 5) is 4.84. The van der Waals surface area contributed by atoms with Crippen molar-refractivity contribution in [2.75, 3.05) is 5.32 Å². The number of anilines is 1. The second kappa shape index (κ2) is 6.59. The molecule has 3 aromatic carbocycles. The summed E-state index contributed by atoms with van der Waals surface area (Å²) in [6.45, 7) is 0. The van der Waals surface area contributed by atoms with E-state index >= 15 is 0 Å². The molecule has 0 saturated carbocycles. The van der Waals surface area contributed by atoms with Crippen LogP contribution in [0.3, 0.4) is 0 Å². The van der Waals surface area contributed by atoms with Gasteiger partial charge in [-0.3, -0.25) is 0 Å². The number of rotatable bonds is 2. The highest BCUT2D eigenvalue weighted by molar-refractivity contribution is 6.42. The van der Waals surface area contributed by atoms with Crippen LogP contribution in [0.15, 0.2) is 72.8 Å². The van der Waals surface area contributed by atoms with Gasteiger partial charge >= 0.3 is 0 Å². The smallest absolute Gasteiger partial charge is 0.204 e. The standard InChI is InChI=1S/C22H17Cl2N3/c23-16-11-10-15(12-17(16)24)19-13-21(14-6-2-1-3-7-14)27-20-9-5-4-8-18(20)25-22(27)26-19/h1-12,19,21H,13H2,(H,25,26)/t19-,21-/m0/s1. The fourth-order valence-electron chi connectivity index (χ4n) is 3.91. The molecule has 1 aliphatic heterocycles. The number of para-hydroxylation sites is 2. The van der Waals surface area contributed by atoms with E-state index in [4.69, 9.17) is 28.2 Å². The fourth-order valence-corrected chi connectivity index (χ4v) is 4.22. The molecule has 2 atom stereocenters. The molecule has 0 aliphatic carbocycles. The van der Waals surface area contributed by atoms with Crippen LogP contribution in [-0.2, 0) is 0 Å². The van der Waals surface area contributed by atoms with Crippen molar-refractivity contribution < 1.29 is 0 Å². The van der Waals surface area contributed by atoms with E-state index in [-0.39, 0.29) is 12.1 Å². The van der Waals surface area contributed by atoms with Crippen molar-refractivity contribution in [1.82, 2.24) is 9.55 Å². The van der Waals surface area contributed by atoms with E-state index in [2.05, 4.69) is 52.3 Å². The van der Waals surface area contributed by atoms with Gasteiger partial charge in [-0.2, -0.15) is 0 Å². The Hall–Kier alpha value is -2.49. The Morgan fingerprint density at radius 3 is 2.44 bits per heavy atom. The minimum Gasteiger partial charge on any atom is -0.349 e. The summed E-state index contributed by atoms with van der Waals surface area (Å²) in [7, 11) is 0. The molecule has 134 valence electrons. The Balaban J connectivity index is 1.66. The second-order valence-electron chi connectivity index (χ2n) is 6.83. The van der Waals surface area contributed by atoms with E-state index in [0.717, 1.165) is 29.0 Å². The number of imidazole rings is 1. The van der Waals surface area contributed by atoms with Gasteiger partial charge in [-0.1, -0.05) is 71.7 Å². The summed E-state index contributed by atoms with van der Waals surface area (Å²) in [5, 5.41) is 4.75. The molecular weight excluding hydrogens is 377 g/mol. The first-order valence-corrected chi connectivity index (χ1v) is 9.70. The quantitative estimate of drug-likeness (QED) is 0.421. The molecule has 0 fully saturated rings. The lowest BCUT2D eigenvalue weighted by Gasteiger charge is -2.33. The van der Waals surface area contributed by atoms with Crippen molar-refractivity contribution in [3.8, 4) is 0 Å². The Morgan fingerprint density at radius 1 is 0.852 bits per heavy atom. The largest absolute Gasteiger partial charge is 0.349 e. The van der Waals surface area contributed by atoms with Crippen LogP contribution in [0.5, 0.6) is 0 Å². The van der Waals surface area contributed by atoms with Crippen LogP contribution in [0.4, 0.5) is 5.95 Å². The van der Waals surface area contributed by atoms with Crippen LogP contribution in [0, 0.1) is 0 Å². The molecular formula is C22H17Cl2N3. The summed E-state index contributed by atoms with van der Waals surface area (Å²) in [5.41, 5.74) is 4.52. The van der Waals surface area contributed by atoms with Gasteiger partial charge in [0.05, 0.1) is 33.2 Å². The molecule has 5 rings (SSSR count). The number of halogens is 2. The van der Waals surface area contributed by atoms with Gasteiger partial charge in [-0.05, 0) is 41.8 Å². The normalized spacial score (nSPS) is 18.9. The molecule has 0 spiro atoms. The Bertz CT molecular complexity index is 1120. The van der Waals surface area contributed by atoms with Gasteiger partial charge < -0.3 is 9.88 Å². The number of nitrogens with zero attached hydrogens (tertiary/aromatic N) is 2. The summed E-state index contributed by atoms with van der Waals surface area (Å²) >= 11 is 12.4. The molecule has 4 aromatic rings. The van der Waals surface area contributed by atoms with Crippen molar-refractivity contribution in [2.24, 2.45) is 0 Å². The average molecular weight is 394 g/mol. The topological polar surface area (TPSA) is 29.9 Å². The first-order valence-electron chi connectivity index (χ1n) is 8.94. The van der Waals surface area contributed by atoms with Gasteiger partial charge in [0.2, 0.25) is 5.95 Å². The Labute approximate surface area is 167 Å². The summed E-state index contributed by atoms with van der Waals surface area (Å²) in [5.74, 6) is 0.882. The maximum Gasteiger partial charge on any atom is 0.204 e. The highest BCUT2D eigenvalue weighted by Gasteiger charge is 2.31. The molecule has 0 bridgehead atoms. The second-order valence-corrected chi connectivity index (χ2v) is 7.64. The zero-order chi connectivity index (χ0) is 18.4. The predicted molar refractivity (Wildman–Crippen MR) is 112 cm³/mol. The average Bonchev–Trinajstić information content (AvgIpc) is 3.08. The predicted octanol–water partition coefficient (Wildman–Crippen LogP) is 6.49. The molecule has 0 saturated heterocycles. The van der Waals surface area contributed by atoms with Crippen LogP contribution < -0.4 is 5.32 Å². The third-order valence-electron chi connectivity index (χ3n) is 5.20. The van der Waals surface area contributed by atoms with Gasteiger partial charge in [-0.15, -0.1) is 0 Å². The minimum absolute atomic E-state index is 0.106. The molecule has 1 aliphatic rings. The first kappa shape index (κ1) is 16.7. The van der Waals surface area contributed by atoms with Crippen molar-refractivity contribution in [1.29, 1.82) is 0 Å². The monoisotopic (exact) mass is 393 g/mol. The highest BCUT2D eigenvalue weighted by Crippen LogP contribution is 2.41. The first-order chi connectivity index (χ1) is 13.2. The SMILES string of the molecule is Clc1ccc([C@@H]2C[C@@H](c3ccccc3)n3c(nc4ccccc43)N2)cc1Cl. The lowest BCUT2D eigenvalue weighted by Crippen LogP contribution is -2.27. The highest BCUT2D eigenvalue weighted by atomic mass is 35.5. The van der Waals surface area contributed by atoms with E-state index in [1.165, 1.54) is 5.56 Å². The van der Waals surface area contributed by atoms with E-state index in [9.17, 15) is 0 Å². The molecule has 0 radical (unpaired) electrons. The lowest BCUT2D eigenvalue weighted by molar-refractivity contribution is 0.477. The Morgan fingerprint density at radius 2 is 1.63 bits per heavy atom. The molecule has 1 N–H and O–H groups in total. The third kappa shape index (κ3) is 2.88. The van der Waals surface area contributed by atoms with Gasteiger partial charge in [0.25, 0.3) is 0 Å². The minimum atomic E-state index is 0.106. The van der Waals surface area contributed by atoms with Crippen molar-refractivity contribution >= 4 is 40.2 Å². The van der Waals surface area contributed by atoms with Crippen molar-refractivity contribution in [3.63, 3.8) is 0 Å². The maximum atomic E-state index is 6.27. The maximum absolute atomic E-state index is 6.27.